The molecule has 0 spiro atoms. The molecule has 2 aromatic carbocycles. The van der Waals surface area contributed by atoms with Crippen molar-refractivity contribution in [2.75, 3.05) is 6.61 Å². The zero-order valence-corrected chi connectivity index (χ0v) is 24.5. The van der Waals surface area contributed by atoms with Gasteiger partial charge < -0.3 is 25.4 Å². The summed E-state index contributed by atoms with van der Waals surface area (Å²) in [7, 11) is 0. The van der Waals surface area contributed by atoms with Gasteiger partial charge in [-0.1, -0.05) is 73.5 Å². The van der Waals surface area contributed by atoms with Crippen molar-refractivity contribution >= 4 is 23.9 Å². The Morgan fingerprint density at radius 1 is 0.780 bits per heavy atom. The summed E-state index contributed by atoms with van der Waals surface area (Å²) in [5.74, 6) is -0.950. The third-order valence-electron chi connectivity index (χ3n) is 6.65. The molecule has 2 aromatic rings. The molecule has 0 saturated heterocycles. The quantitative estimate of drug-likeness (QED) is 0.297. The second-order valence-electron chi connectivity index (χ2n) is 11.5. The zero-order valence-electron chi connectivity index (χ0n) is 24.5. The van der Waals surface area contributed by atoms with Gasteiger partial charge in [-0.25, -0.2) is 9.59 Å². The molecular weight excluding hydrogens is 522 g/mol. The number of ether oxygens (including phenoxy) is 2. The van der Waals surface area contributed by atoms with E-state index in [1.165, 1.54) is 0 Å². The summed E-state index contributed by atoms with van der Waals surface area (Å²) in [5.41, 5.74) is 0.907. The molecule has 3 amide bonds. The molecule has 0 heterocycles. The minimum Gasteiger partial charge on any atom is -0.464 e. The van der Waals surface area contributed by atoms with Gasteiger partial charge in [0, 0.05) is 12.8 Å². The van der Waals surface area contributed by atoms with Gasteiger partial charge in [0.25, 0.3) is 0 Å². The van der Waals surface area contributed by atoms with Crippen LogP contribution in [0.2, 0.25) is 0 Å². The summed E-state index contributed by atoms with van der Waals surface area (Å²) in [5, 5.41) is 8.33. The number of amides is 3. The van der Waals surface area contributed by atoms with Crippen LogP contribution in [0.3, 0.4) is 0 Å². The first-order valence-corrected chi connectivity index (χ1v) is 14.4. The van der Waals surface area contributed by atoms with Gasteiger partial charge in [0.05, 0.1) is 6.61 Å². The summed E-state index contributed by atoms with van der Waals surface area (Å²) >= 11 is 0. The number of hydrogen-bond acceptors (Lipinski definition) is 6. The molecule has 222 valence electrons. The van der Waals surface area contributed by atoms with Crippen molar-refractivity contribution < 1.29 is 28.7 Å². The lowest BCUT2D eigenvalue weighted by molar-refractivity contribution is -0.148. The van der Waals surface area contributed by atoms with Crippen LogP contribution in [-0.4, -0.2) is 54.2 Å². The number of carbonyl (C=O) groups is 4. The standard InChI is InChI=1S/C32H43N3O6/c1-5-40-30(38)25(19-18-22-16-17-22)33-28(36)26(20-23-12-8-6-9-13-23)34-29(37)27(21-24-14-10-7-11-15-24)35-31(39)41-32(2,3)4/h6-15,22,25-27H,5,16-21H2,1-4H3,(H,33,36)(H,34,37)(H,35,39)/t25?,26-,27-/m1/s1. The number of nitrogens with one attached hydrogen (secondary N) is 3. The maximum Gasteiger partial charge on any atom is 0.408 e. The predicted octanol–water partition coefficient (Wildman–Crippen LogP) is 4.09. The van der Waals surface area contributed by atoms with Gasteiger partial charge in [-0.05, 0) is 57.6 Å². The molecule has 1 unspecified atom stereocenters. The van der Waals surface area contributed by atoms with Gasteiger partial charge >= 0.3 is 12.1 Å². The van der Waals surface area contributed by atoms with Crippen LogP contribution in [0.15, 0.2) is 60.7 Å². The van der Waals surface area contributed by atoms with E-state index in [1.807, 2.05) is 60.7 Å². The molecule has 3 atom stereocenters. The van der Waals surface area contributed by atoms with Crippen molar-refractivity contribution in [3.8, 4) is 0 Å². The molecule has 3 rings (SSSR count). The number of esters is 1. The van der Waals surface area contributed by atoms with E-state index < -0.39 is 47.6 Å². The second-order valence-corrected chi connectivity index (χ2v) is 11.5. The molecule has 0 bridgehead atoms. The number of benzene rings is 2. The Balaban J connectivity index is 1.80. The van der Waals surface area contributed by atoms with Crippen molar-refractivity contribution in [1.82, 2.24) is 16.0 Å². The van der Waals surface area contributed by atoms with Gasteiger partial charge in [-0.15, -0.1) is 0 Å². The lowest BCUT2D eigenvalue weighted by Gasteiger charge is -2.26. The van der Waals surface area contributed by atoms with E-state index in [-0.39, 0.29) is 19.4 Å². The molecule has 0 aliphatic heterocycles. The second kappa shape index (κ2) is 15.2. The van der Waals surface area contributed by atoms with E-state index in [1.54, 1.807) is 27.7 Å². The van der Waals surface area contributed by atoms with Crippen molar-refractivity contribution in [2.45, 2.75) is 89.9 Å². The third kappa shape index (κ3) is 11.6. The maximum atomic E-state index is 13.6. The number of alkyl carbamates (subject to hydrolysis) is 1. The molecule has 41 heavy (non-hydrogen) atoms. The fraction of sp³-hybridized carbons (Fsp3) is 0.500. The Hall–Kier alpha value is -3.88. The highest BCUT2D eigenvalue weighted by Crippen LogP contribution is 2.34. The third-order valence-corrected chi connectivity index (χ3v) is 6.65. The number of carbonyl (C=O) groups excluding carboxylic acids is 4. The average Bonchev–Trinajstić information content (AvgIpc) is 3.75. The fourth-order valence-corrected chi connectivity index (χ4v) is 4.41. The molecule has 9 nitrogen and oxygen atoms in total. The Labute approximate surface area is 242 Å². The molecule has 0 radical (unpaired) electrons. The van der Waals surface area contributed by atoms with Gasteiger partial charge in [-0.3, -0.25) is 9.59 Å². The minimum atomic E-state index is -1.01. The monoisotopic (exact) mass is 565 g/mol. The molecule has 3 N–H and O–H groups in total. The van der Waals surface area contributed by atoms with E-state index in [9.17, 15) is 19.2 Å². The highest BCUT2D eigenvalue weighted by Gasteiger charge is 2.32. The molecule has 1 saturated carbocycles. The van der Waals surface area contributed by atoms with E-state index in [2.05, 4.69) is 16.0 Å². The zero-order chi connectivity index (χ0) is 29.8. The molecule has 9 heteroatoms. The Bertz CT molecular complexity index is 1150. The molecule has 1 aliphatic carbocycles. The van der Waals surface area contributed by atoms with Crippen molar-refractivity contribution in [3.63, 3.8) is 0 Å². The summed E-state index contributed by atoms with van der Waals surface area (Å²) < 4.78 is 10.6. The fourth-order valence-electron chi connectivity index (χ4n) is 4.41. The van der Waals surface area contributed by atoms with Crippen LogP contribution in [0.5, 0.6) is 0 Å². The lowest BCUT2D eigenvalue weighted by Crippen LogP contribution is -2.57. The number of rotatable bonds is 14. The lowest BCUT2D eigenvalue weighted by atomic mass is 10.0. The summed E-state index contributed by atoms with van der Waals surface area (Å²) in [6, 6.07) is 15.8. The van der Waals surface area contributed by atoms with Gasteiger partial charge in [0.15, 0.2) is 0 Å². The first-order chi connectivity index (χ1) is 19.5. The average molecular weight is 566 g/mol. The van der Waals surface area contributed by atoms with E-state index >= 15 is 0 Å². The van der Waals surface area contributed by atoms with Crippen LogP contribution in [0.25, 0.3) is 0 Å². The smallest absolute Gasteiger partial charge is 0.408 e. The molecular formula is C32H43N3O6. The largest absolute Gasteiger partial charge is 0.464 e. The summed E-state index contributed by atoms with van der Waals surface area (Å²) in [6.07, 6.45) is 3.20. The Kier molecular flexibility index (Phi) is 11.7. The van der Waals surface area contributed by atoms with Crippen LogP contribution in [0.4, 0.5) is 4.79 Å². The topological polar surface area (TPSA) is 123 Å². The Morgan fingerprint density at radius 3 is 1.73 bits per heavy atom. The van der Waals surface area contributed by atoms with Crippen LogP contribution in [0.1, 0.15) is 64.5 Å². The van der Waals surface area contributed by atoms with Crippen LogP contribution >= 0.6 is 0 Å². The summed E-state index contributed by atoms with van der Waals surface area (Å²) in [4.78, 5) is 52.6. The normalized spacial score (nSPS) is 15.1. The highest BCUT2D eigenvalue weighted by molar-refractivity contribution is 5.93. The molecule has 0 aromatic heterocycles. The van der Waals surface area contributed by atoms with E-state index in [4.69, 9.17) is 9.47 Å². The van der Waals surface area contributed by atoms with Crippen molar-refractivity contribution in [3.05, 3.63) is 71.8 Å². The van der Waals surface area contributed by atoms with E-state index in [0.29, 0.717) is 12.3 Å². The van der Waals surface area contributed by atoms with E-state index in [0.717, 1.165) is 30.4 Å². The van der Waals surface area contributed by atoms with Gasteiger partial charge in [0.2, 0.25) is 11.8 Å². The number of hydrogen-bond donors (Lipinski definition) is 3. The van der Waals surface area contributed by atoms with Gasteiger partial charge in [-0.2, -0.15) is 0 Å². The van der Waals surface area contributed by atoms with Crippen LogP contribution in [-0.2, 0) is 36.7 Å². The minimum absolute atomic E-state index is 0.193. The van der Waals surface area contributed by atoms with Gasteiger partial charge in [0.1, 0.15) is 23.7 Å². The summed E-state index contributed by atoms with van der Waals surface area (Å²) in [6.45, 7) is 7.14. The first-order valence-electron chi connectivity index (χ1n) is 14.4. The highest BCUT2D eigenvalue weighted by atomic mass is 16.6. The molecule has 1 aliphatic rings. The Morgan fingerprint density at radius 2 is 1.27 bits per heavy atom. The van der Waals surface area contributed by atoms with Crippen LogP contribution in [0, 0.1) is 5.92 Å². The maximum absolute atomic E-state index is 13.6. The molecule has 1 fully saturated rings. The predicted molar refractivity (Wildman–Crippen MR) is 156 cm³/mol. The van der Waals surface area contributed by atoms with Crippen LogP contribution < -0.4 is 16.0 Å². The SMILES string of the molecule is CCOC(=O)C(CCC1CC1)NC(=O)[C@@H](Cc1ccccc1)NC(=O)[C@@H](Cc1ccccc1)NC(=O)OC(C)(C)C. The van der Waals surface area contributed by atoms with Crippen molar-refractivity contribution in [2.24, 2.45) is 5.92 Å². The van der Waals surface area contributed by atoms with Crippen molar-refractivity contribution in [1.29, 1.82) is 0 Å². The first kappa shape index (κ1) is 31.6.